The largest absolute Gasteiger partial charge is 0.494 e. The molecule has 0 saturated heterocycles. The minimum Gasteiger partial charge on any atom is -0.494 e. The molecule has 0 aliphatic rings. The third kappa shape index (κ3) is 1.28. The Balaban J connectivity index is 2.93. The molecule has 0 spiro atoms. The molecule has 1 aromatic carbocycles. The Morgan fingerprint density at radius 3 is 2.53 bits per heavy atom. The van der Waals surface area contributed by atoms with E-state index in [9.17, 15) is 8.78 Å². The predicted octanol–water partition coefficient (Wildman–Crippen LogP) is 2.77. The number of methoxy groups -OCH3 is 1. The fourth-order valence-electron chi connectivity index (χ4n) is 1.72. The lowest BCUT2D eigenvalue weighted by molar-refractivity contribution is 0.386. The van der Waals surface area contributed by atoms with Gasteiger partial charge in [-0.2, -0.15) is 0 Å². The van der Waals surface area contributed by atoms with Crippen LogP contribution in [-0.4, -0.2) is 11.7 Å². The highest BCUT2D eigenvalue weighted by Crippen LogP contribution is 2.30. The van der Waals surface area contributed by atoms with Crippen molar-refractivity contribution in [2.75, 3.05) is 7.11 Å². The van der Waals surface area contributed by atoms with Crippen molar-refractivity contribution in [1.29, 1.82) is 0 Å². The van der Waals surface area contributed by atoms with Gasteiger partial charge in [-0.1, -0.05) is 0 Å². The first-order valence-corrected chi connectivity index (χ1v) is 4.54. The van der Waals surface area contributed by atoms with E-state index >= 15 is 0 Å². The molecular weight excluding hydrogens is 200 g/mol. The SMILES string of the molecule is COc1cc(F)c2c(cc(C)n2C)c1F. The number of aryl methyl sites for hydroxylation is 2. The summed E-state index contributed by atoms with van der Waals surface area (Å²) in [6, 6.07) is 2.67. The maximum absolute atomic E-state index is 13.7. The van der Waals surface area contributed by atoms with Gasteiger partial charge in [0.15, 0.2) is 17.4 Å². The van der Waals surface area contributed by atoms with Crippen molar-refractivity contribution in [3.05, 3.63) is 29.5 Å². The molecule has 80 valence electrons. The molecule has 0 N–H and O–H groups in total. The quantitative estimate of drug-likeness (QED) is 0.707. The molecule has 15 heavy (non-hydrogen) atoms. The second kappa shape index (κ2) is 3.22. The summed E-state index contributed by atoms with van der Waals surface area (Å²) in [5.41, 5.74) is 1.07. The Morgan fingerprint density at radius 2 is 1.93 bits per heavy atom. The Morgan fingerprint density at radius 1 is 1.27 bits per heavy atom. The van der Waals surface area contributed by atoms with Crippen LogP contribution < -0.4 is 4.74 Å². The van der Waals surface area contributed by atoms with Crippen LogP contribution in [0.5, 0.6) is 5.75 Å². The molecule has 1 aromatic heterocycles. The first-order valence-electron chi connectivity index (χ1n) is 4.54. The van der Waals surface area contributed by atoms with Crippen molar-refractivity contribution in [1.82, 2.24) is 4.57 Å². The fraction of sp³-hybridized carbons (Fsp3) is 0.273. The van der Waals surface area contributed by atoms with E-state index in [1.165, 1.54) is 7.11 Å². The first-order chi connectivity index (χ1) is 7.06. The maximum atomic E-state index is 13.7. The molecule has 2 nitrogen and oxygen atoms in total. The molecule has 0 atom stereocenters. The van der Waals surface area contributed by atoms with Gasteiger partial charge in [0.05, 0.1) is 12.6 Å². The number of fused-ring (bicyclic) bond motifs is 1. The minimum absolute atomic E-state index is 0.0643. The third-order valence-corrected chi connectivity index (χ3v) is 2.63. The maximum Gasteiger partial charge on any atom is 0.174 e. The lowest BCUT2D eigenvalue weighted by Gasteiger charge is -2.05. The van der Waals surface area contributed by atoms with Gasteiger partial charge in [-0.3, -0.25) is 0 Å². The molecule has 0 aliphatic heterocycles. The zero-order valence-corrected chi connectivity index (χ0v) is 8.77. The van der Waals surface area contributed by atoms with E-state index in [1.807, 2.05) is 0 Å². The normalized spacial score (nSPS) is 11.0. The Hall–Kier alpha value is -1.58. The van der Waals surface area contributed by atoms with Crippen molar-refractivity contribution in [3.8, 4) is 5.75 Å². The monoisotopic (exact) mass is 211 g/mol. The summed E-state index contributed by atoms with van der Waals surface area (Å²) < 4.78 is 33.7. The summed E-state index contributed by atoms with van der Waals surface area (Å²) in [6.07, 6.45) is 0. The van der Waals surface area contributed by atoms with Crippen LogP contribution in [0, 0.1) is 18.6 Å². The number of nitrogens with zero attached hydrogens (tertiary/aromatic N) is 1. The number of benzene rings is 1. The van der Waals surface area contributed by atoms with Gasteiger partial charge < -0.3 is 9.30 Å². The van der Waals surface area contributed by atoms with Crippen LogP contribution >= 0.6 is 0 Å². The van der Waals surface area contributed by atoms with E-state index in [1.54, 1.807) is 24.6 Å². The molecule has 0 bridgehead atoms. The van der Waals surface area contributed by atoms with E-state index in [0.29, 0.717) is 0 Å². The van der Waals surface area contributed by atoms with Crippen molar-refractivity contribution in [2.45, 2.75) is 6.92 Å². The second-order valence-electron chi connectivity index (χ2n) is 3.48. The highest BCUT2D eigenvalue weighted by molar-refractivity contribution is 5.84. The average molecular weight is 211 g/mol. The number of hydrogen-bond acceptors (Lipinski definition) is 1. The van der Waals surface area contributed by atoms with Gasteiger partial charge in [-0.05, 0) is 13.0 Å². The number of ether oxygens (including phenoxy) is 1. The lowest BCUT2D eigenvalue weighted by Crippen LogP contribution is -1.95. The molecule has 0 fully saturated rings. The van der Waals surface area contributed by atoms with Gasteiger partial charge in [-0.25, -0.2) is 8.78 Å². The van der Waals surface area contributed by atoms with Gasteiger partial charge in [0.2, 0.25) is 0 Å². The van der Waals surface area contributed by atoms with Gasteiger partial charge in [0, 0.05) is 24.2 Å². The zero-order valence-electron chi connectivity index (χ0n) is 8.77. The van der Waals surface area contributed by atoms with Crippen LogP contribution in [0.3, 0.4) is 0 Å². The van der Waals surface area contributed by atoms with Gasteiger partial charge in [0.1, 0.15) is 0 Å². The van der Waals surface area contributed by atoms with Gasteiger partial charge >= 0.3 is 0 Å². The number of aromatic nitrogens is 1. The number of hydrogen-bond donors (Lipinski definition) is 0. The summed E-state index contributed by atoms with van der Waals surface area (Å²) in [6.45, 7) is 1.80. The highest BCUT2D eigenvalue weighted by Gasteiger charge is 2.16. The Bertz CT molecular complexity index is 531. The summed E-state index contributed by atoms with van der Waals surface area (Å²) in [4.78, 5) is 0. The molecular formula is C11H11F2NO. The van der Waals surface area contributed by atoms with Crippen molar-refractivity contribution in [2.24, 2.45) is 7.05 Å². The fourth-order valence-corrected chi connectivity index (χ4v) is 1.72. The van der Waals surface area contributed by atoms with Crippen LogP contribution in [0.2, 0.25) is 0 Å². The van der Waals surface area contributed by atoms with Crippen molar-refractivity contribution >= 4 is 10.9 Å². The molecule has 0 aliphatic carbocycles. The predicted molar refractivity (Wildman–Crippen MR) is 54.1 cm³/mol. The molecule has 1 heterocycles. The van der Waals surface area contributed by atoms with Crippen LogP contribution in [0.1, 0.15) is 5.69 Å². The molecule has 0 radical (unpaired) electrons. The van der Waals surface area contributed by atoms with Gasteiger partial charge in [-0.15, -0.1) is 0 Å². The van der Waals surface area contributed by atoms with E-state index < -0.39 is 11.6 Å². The topological polar surface area (TPSA) is 14.2 Å². The molecule has 0 amide bonds. The van der Waals surface area contributed by atoms with Crippen LogP contribution in [0.15, 0.2) is 12.1 Å². The molecule has 2 aromatic rings. The highest BCUT2D eigenvalue weighted by atomic mass is 19.1. The summed E-state index contributed by atoms with van der Waals surface area (Å²) >= 11 is 0. The van der Waals surface area contributed by atoms with E-state index in [-0.39, 0.29) is 16.7 Å². The first kappa shape index (κ1) is 9.96. The van der Waals surface area contributed by atoms with Crippen LogP contribution in [-0.2, 0) is 7.05 Å². The average Bonchev–Trinajstić information content (AvgIpc) is 2.50. The zero-order chi connectivity index (χ0) is 11.2. The Kier molecular flexibility index (Phi) is 2.14. The van der Waals surface area contributed by atoms with Gasteiger partial charge in [0.25, 0.3) is 0 Å². The molecule has 0 saturated carbocycles. The van der Waals surface area contributed by atoms with Crippen LogP contribution in [0.4, 0.5) is 8.78 Å². The second-order valence-corrected chi connectivity index (χ2v) is 3.48. The van der Waals surface area contributed by atoms with E-state index in [4.69, 9.17) is 4.74 Å². The molecule has 0 unspecified atom stereocenters. The van der Waals surface area contributed by atoms with Crippen molar-refractivity contribution < 1.29 is 13.5 Å². The lowest BCUT2D eigenvalue weighted by atomic mass is 10.2. The summed E-state index contributed by atoms with van der Waals surface area (Å²) in [5, 5.41) is 0.256. The van der Waals surface area contributed by atoms with E-state index in [0.717, 1.165) is 11.8 Å². The Labute approximate surface area is 86.1 Å². The smallest absolute Gasteiger partial charge is 0.174 e. The summed E-state index contributed by atoms with van der Waals surface area (Å²) in [5.74, 6) is -1.05. The minimum atomic E-state index is -0.516. The van der Waals surface area contributed by atoms with Crippen molar-refractivity contribution in [3.63, 3.8) is 0 Å². The van der Waals surface area contributed by atoms with Crippen LogP contribution in [0.25, 0.3) is 10.9 Å². The number of rotatable bonds is 1. The molecule has 4 heteroatoms. The summed E-state index contributed by atoms with van der Waals surface area (Å²) in [7, 11) is 3.02. The molecule has 2 rings (SSSR count). The standard InChI is InChI=1S/C11H11F2NO/c1-6-4-7-10(13)9(15-3)5-8(12)11(7)14(6)2/h4-5H,1-3H3. The third-order valence-electron chi connectivity index (χ3n) is 2.63. The number of halogens is 2. The van der Waals surface area contributed by atoms with E-state index in [2.05, 4.69) is 0 Å².